The number of rotatable bonds is 26. The second kappa shape index (κ2) is 23.2. The zero-order valence-corrected chi connectivity index (χ0v) is 25.6. The summed E-state index contributed by atoms with van der Waals surface area (Å²) in [6, 6.07) is 8.70. The smallest absolute Gasteiger partial charge is 0.141 e. The standard InChI is InChI=1S/C34H59N2O3/c1-4-7-8-9-10-11-12-13-14-15-16-17-18-19-26-37-29-34(39-6-3)30-38-28-33-22-20-32(21-23-33)27-36-25-24-35(5-2)31-36/h20-25,31,34H,4-19,26-30H2,1-3H3. The minimum atomic E-state index is -0.0000737. The van der Waals surface area contributed by atoms with Gasteiger partial charge in [0.05, 0.1) is 19.8 Å². The molecule has 0 N–H and O–H groups in total. The van der Waals surface area contributed by atoms with Gasteiger partial charge in [-0.25, -0.2) is 0 Å². The van der Waals surface area contributed by atoms with Crippen molar-refractivity contribution in [1.29, 1.82) is 0 Å². The van der Waals surface area contributed by atoms with Crippen molar-refractivity contribution in [1.82, 2.24) is 9.80 Å². The van der Waals surface area contributed by atoms with Crippen molar-refractivity contribution in [3.8, 4) is 0 Å². The summed E-state index contributed by atoms with van der Waals surface area (Å²) in [6.45, 7) is 13.8. The van der Waals surface area contributed by atoms with Gasteiger partial charge in [0, 0.05) is 38.7 Å². The second-order valence-corrected chi connectivity index (χ2v) is 11.0. The van der Waals surface area contributed by atoms with Gasteiger partial charge in [0.1, 0.15) is 12.8 Å². The van der Waals surface area contributed by atoms with Gasteiger partial charge in [-0.2, -0.15) is 0 Å². The average molecular weight is 544 g/mol. The fourth-order valence-electron chi connectivity index (χ4n) is 4.97. The SMILES string of the molecule is CCCCCCCCCCCCCCCCOCC(COCc1ccc(CN2[CH]N(CC)C=C2)cc1)OCC. The van der Waals surface area contributed by atoms with E-state index < -0.39 is 0 Å². The van der Waals surface area contributed by atoms with E-state index in [0.717, 1.165) is 26.1 Å². The predicted molar refractivity (Wildman–Crippen MR) is 164 cm³/mol. The molecule has 0 saturated heterocycles. The summed E-state index contributed by atoms with van der Waals surface area (Å²) in [5.74, 6) is 0. The number of nitrogens with zero attached hydrogens (tertiary/aromatic N) is 2. The van der Waals surface area contributed by atoms with Gasteiger partial charge >= 0.3 is 0 Å². The zero-order valence-electron chi connectivity index (χ0n) is 25.6. The van der Waals surface area contributed by atoms with E-state index in [1.165, 1.54) is 94.6 Å². The Morgan fingerprint density at radius 3 is 1.72 bits per heavy atom. The molecule has 0 aliphatic carbocycles. The number of unbranched alkanes of at least 4 members (excludes halogenated alkanes) is 13. The Hall–Kier alpha value is -1.56. The maximum Gasteiger partial charge on any atom is 0.141 e. The lowest BCUT2D eigenvalue weighted by atomic mass is 10.0. The van der Waals surface area contributed by atoms with Gasteiger partial charge in [0.25, 0.3) is 0 Å². The van der Waals surface area contributed by atoms with Gasteiger partial charge in [-0.1, -0.05) is 115 Å². The third-order valence-electron chi connectivity index (χ3n) is 7.42. The molecule has 1 radical (unpaired) electrons. The van der Waals surface area contributed by atoms with Crippen LogP contribution in [0.5, 0.6) is 0 Å². The van der Waals surface area contributed by atoms with E-state index in [9.17, 15) is 0 Å². The normalized spacial score (nSPS) is 14.0. The van der Waals surface area contributed by atoms with Crippen LogP contribution in [0, 0.1) is 6.67 Å². The van der Waals surface area contributed by atoms with Crippen molar-refractivity contribution < 1.29 is 14.2 Å². The molecule has 0 fully saturated rings. The van der Waals surface area contributed by atoms with Gasteiger partial charge in [0.2, 0.25) is 0 Å². The highest BCUT2D eigenvalue weighted by Gasteiger charge is 2.12. The summed E-state index contributed by atoms with van der Waals surface area (Å²) in [5, 5.41) is 0. The lowest BCUT2D eigenvalue weighted by Gasteiger charge is -2.19. The first-order chi connectivity index (χ1) is 19.2. The highest BCUT2D eigenvalue weighted by molar-refractivity contribution is 5.22. The first kappa shape index (κ1) is 33.6. The first-order valence-corrected chi connectivity index (χ1v) is 16.1. The van der Waals surface area contributed by atoms with Crippen molar-refractivity contribution in [2.45, 2.75) is 130 Å². The summed E-state index contributed by atoms with van der Waals surface area (Å²) < 4.78 is 17.8. The van der Waals surface area contributed by atoms with E-state index in [1.54, 1.807) is 0 Å². The third-order valence-corrected chi connectivity index (χ3v) is 7.42. The molecule has 5 nitrogen and oxygen atoms in total. The minimum absolute atomic E-state index is 0.0000737. The van der Waals surface area contributed by atoms with E-state index in [2.05, 4.69) is 67.0 Å². The van der Waals surface area contributed by atoms with E-state index in [0.29, 0.717) is 26.4 Å². The van der Waals surface area contributed by atoms with Crippen LogP contribution in [-0.4, -0.2) is 48.9 Å². The Morgan fingerprint density at radius 2 is 1.15 bits per heavy atom. The average Bonchev–Trinajstić information content (AvgIpc) is 3.41. The van der Waals surface area contributed by atoms with Crippen molar-refractivity contribution in [3.05, 3.63) is 54.5 Å². The molecule has 0 bridgehead atoms. The van der Waals surface area contributed by atoms with Crippen LogP contribution in [-0.2, 0) is 27.4 Å². The quantitative estimate of drug-likeness (QED) is 0.109. The van der Waals surface area contributed by atoms with Crippen LogP contribution in [0.2, 0.25) is 0 Å². The summed E-state index contributed by atoms with van der Waals surface area (Å²) in [5.41, 5.74) is 2.48. The molecule has 0 amide bonds. The summed E-state index contributed by atoms with van der Waals surface area (Å²) in [4.78, 5) is 4.39. The maximum atomic E-state index is 5.98. The molecule has 0 aromatic heterocycles. The maximum absolute atomic E-state index is 5.98. The zero-order chi connectivity index (χ0) is 27.8. The summed E-state index contributed by atoms with van der Waals surface area (Å²) >= 11 is 0. The number of hydrogen-bond donors (Lipinski definition) is 0. The van der Waals surface area contributed by atoms with Crippen molar-refractivity contribution in [3.63, 3.8) is 0 Å². The van der Waals surface area contributed by atoms with Crippen LogP contribution >= 0.6 is 0 Å². The van der Waals surface area contributed by atoms with Crippen molar-refractivity contribution in [2.75, 3.05) is 33.0 Å². The van der Waals surface area contributed by atoms with Gasteiger partial charge < -0.3 is 24.0 Å². The summed E-state index contributed by atoms with van der Waals surface area (Å²) in [7, 11) is 0. The van der Waals surface area contributed by atoms with Gasteiger partial charge in [-0.15, -0.1) is 0 Å². The van der Waals surface area contributed by atoms with Crippen LogP contribution in [0.3, 0.4) is 0 Å². The van der Waals surface area contributed by atoms with Crippen molar-refractivity contribution >= 4 is 0 Å². The fourth-order valence-corrected chi connectivity index (χ4v) is 4.97. The van der Waals surface area contributed by atoms with Crippen LogP contribution in [0.4, 0.5) is 0 Å². The summed E-state index contributed by atoms with van der Waals surface area (Å²) in [6.07, 6.45) is 23.6. The van der Waals surface area contributed by atoms with E-state index in [-0.39, 0.29) is 6.10 Å². The van der Waals surface area contributed by atoms with Crippen LogP contribution < -0.4 is 0 Å². The van der Waals surface area contributed by atoms with Gasteiger partial charge in [0.15, 0.2) is 0 Å². The second-order valence-electron chi connectivity index (χ2n) is 11.0. The highest BCUT2D eigenvalue weighted by atomic mass is 16.6. The Balaban J connectivity index is 1.43. The minimum Gasteiger partial charge on any atom is -0.379 e. The lowest BCUT2D eigenvalue weighted by Crippen LogP contribution is -2.26. The molecule has 1 atom stereocenters. The monoisotopic (exact) mass is 543 g/mol. The van der Waals surface area contributed by atoms with E-state index in [4.69, 9.17) is 14.2 Å². The Kier molecular flexibility index (Phi) is 20.0. The largest absolute Gasteiger partial charge is 0.379 e. The number of benzene rings is 1. The molecule has 1 aromatic carbocycles. The molecule has 2 rings (SSSR count). The Bertz CT molecular complexity index is 709. The molecule has 1 heterocycles. The molecule has 39 heavy (non-hydrogen) atoms. The predicted octanol–water partition coefficient (Wildman–Crippen LogP) is 8.83. The molecular weight excluding hydrogens is 484 g/mol. The first-order valence-electron chi connectivity index (χ1n) is 16.1. The molecular formula is C34H59N2O3. The highest BCUT2D eigenvalue weighted by Crippen LogP contribution is 2.16. The molecule has 1 aromatic rings. The molecule has 1 unspecified atom stereocenters. The Labute approximate surface area is 241 Å². The Morgan fingerprint density at radius 1 is 0.615 bits per heavy atom. The van der Waals surface area contributed by atoms with Crippen LogP contribution in [0.15, 0.2) is 36.7 Å². The number of ether oxygens (including phenoxy) is 3. The van der Waals surface area contributed by atoms with Crippen LogP contribution in [0.25, 0.3) is 0 Å². The fraction of sp³-hybridized carbons (Fsp3) is 0.735. The molecule has 1 aliphatic rings. The molecule has 1 aliphatic heterocycles. The van der Waals surface area contributed by atoms with Gasteiger partial charge in [-0.05, 0) is 31.4 Å². The molecule has 223 valence electrons. The molecule has 0 spiro atoms. The third kappa shape index (κ3) is 17.0. The molecule has 0 saturated carbocycles. The van der Waals surface area contributed by atoms with Crippen LogP contribution in [0.1, 0.15) is 122 Å². The van der Waals surface area contributed by atoms with E-state index in [1.807, 2.05) is 6.92 Å². The lowest BCUT2D eigenvalue weighted by molar-refractivity contribution is -0.0601. The van der Waals surface area contributed by atoms with E-state index >= 15 is 0 Å². The topological polar surface area (TPSA) is 34.2 Å². The molecule has 5 heteroatoms. The van der Waals surface area contributed by atoms with Gasteiger partial charge in [-0.3, -0.25) is 0 Å². The number of hydrogen-bond acceptors (Lipinski definition) is 5. The van der Waals surface area contributed by atoms with Crippen molar-refractivity contribution in [2.24, 2.45) is 0 Å².